The minimum absolute atomic E-state index is 0.226. The lowest BCUT2D eigenvalue weighted by Crippen LogP contribution is -2.16. The van der Waals surface area contributed by atoms with Crippen molar-refractivity contribution in [1.82, 2.24) is 0 Å². The highest BCUT2D eigenvalue weighted by atomic mass is 79.9. The van der Waals surface area contributed by atoms with Crippen LogP contribution in [0.5, 0.6) is 0 Å². The number of Topliss-reactive ketones (excluding diaryl/α,β-unsaturated/α-hetero) is 1. The van der Waals surface area contributed by atoms with E-state index in [1.54, 1.807) is 12.1 Å². The maximum atomic E-state index is 13.1. The Balaban J connectivity index is 2.26. The van der Waals surface area contributed by atoms with Gasteiger partial charge in [-0.15, -0.1) is 0 Å². The third-order valence-corrected chi connectivity index (χ3v) is 4.88. The van der Waals surface area contributed by atoms with Gasteiger partial charge in [0.2, 0.25) is 0 Å². The van der Waals surface area contributed by atoms with Gasteiger partial charge in [-0.25, -0.2) is 17.2 Å². The molecule has 0 fully saturated rings. The molecule has 2 aromatic rings. The lowest BCUT2D eigenvalue weighted by molar-refractivity contribution is 0.102. The smallest absolute Gasteiger partial charge is 0.185 e. The summed E-state index contributed by atoms with van der Waals surface area (Å²) in [6, 6.07) is 8.39. The summed E-state index contributed by atoms with van der Waals surface area (Å²) in [6.07, 6.45) is 0. The molecule has 0 heterocycles. The lowest BCUT2D eigenvalue weighted by Gasteiger charge is -2.05. The largest absolute Gasteiger partial charge is 0.293 e. The second-order valence-electron chi connectivity index (χ2n) is 4.27. The molecule has 0 aromatic heterocycles. The van der Waals surface area contributed by atoms with Crippen LogP contribution in [0.15, 0.2) is 51.8 Å². The van der Waals surface area contributed by atoms with E-state index in [9.17, 15) is 22.0 Å². The van der Waals surface area contributed by atoms with Gasteiger partial charge in [-0.05, 0) is 30.3 Å². The molecule has 2 rings (SSSR count). The van der Waals surface area contributed by atoms with E-state index in [4.69, 9.17) is 0 Å². The van der Waals surface area contributed by atoms with Crippen LogP contribution < -0.4 is 0 Å². The molecule has 0 saturated carbocycles. The van der Waals surface area contributed by atoms with Crippen molar-refractivity contribution in [2.75, 3.05) is 5.75 Å². The highest BCUT2D eigenvalue weighted by molar-refractivity contribution is 9.10. The van der Waals surface area contributed by atoms with Crippen LogP contribution in [0.2, 0.25) is 0 Å². The Morgan fingerprint density at radius 2 is 1.62 bits per heavy atom. The second kappa shape index (κ2) is 6.03. The number of benzene rings is 2. The fourth-order valence-electron chi connectivity index (χ4n) is 1.65. The minimum Gasteiger partial charge on any atom is -0.293 e. The number of carbonyl (C=O) groups is 1. The predicted molar refractivity (Wildman–Crippen MR) is 76.9 cm³/mol. The lowest BCUT2D eigenvalue weighted by atomic mass is 10.2. The normalized spacial score (nSPS) is 11.4. The quantitative estimate of drug-likeness (QED) is 0.608. The number of halogens is 3. The van der Waals surface area contributed by atoms with Crippen molar-refractivity contribution in [2.45, 2.75) is 4.90 Å². The molecular formula is C14H9BrF2O3S. The Bertz CT molecular complexity index is 786. The van der Waals surface area contributed by atoms with E-state index in [0.29, 0.717) is 12.1 Å². The van der Waals surface area contributed by atoms with Crippen LogP contribution in [0.1, 0.15) is 10.4 Å². The molecule has 0 radical (unpaired) electrons. The standard InChI is InChI=1S/C14H9BrF2O3S/c15-10-3-1-9(2-4-10)14(18)8-21(19,20)11-5-6-12(16)13(17)7-11/h1-7H,8H2. The van der Waals surface area contributed by atoms with Gasteiger partial charge >= 0.3 is 0 Å². The van der Waals surface area contributed by atoms with Crippen LogP contribution in [-0.2, 0) is 9.84 Å². The number of ketones is 1. The molecule has 0 aliphatic rings. The molecule has 0 amide bonds. The molecule has 3 nitrogen and oxygen atoms in total. The summed E-state index contributed by atoms with van der Waals surface area (Å²) >= 11 is 3.20. The summed E-state index contributed by atoms with van der Waals surface area (Å²) in [5, 5.41) is 0. The molecule has 21 heavy (non-hydrogen) atoms. The van der Waals surface area contributed by atoms with Gasteiger partial charge in [0.05, 0.1) is 4.90 Å². The van der Waals surface area contributed by atoms with Crippen molar-refractivity contribution in [3.8, 4) is 0 Å². The van der Waals surface area contributed by atoms with Crippen molar-refractivity contribution in [2.24, 2.45) is 0 Å². The molecule has 0 bridgehead atoms. The molecule has 0 unspecified atom stereocenters. The van der Waals surface area contributed by atoms with E-state index < -0.39 is 37.9 Å². The predicted octanol–water partition coefficient (Wildman–Crippen LogP) is 3.38. The summed E-state index contributed by atoms with van der Waals surface area (Å²) in [7, 11) is -4.02. The van der Waals surface area contributed by atoms with Crippen LogP contribution >= 0.6 is 15.9 Å². The van der Waals surface area contributed by atoms with E-state index in [1.165, 1.54) is 12.1 Å². The first-order valence-electron chi connectivity index (χ1n) is 5.76. The molecule has 7 heteroatoms. The van der Waals surface area contributed by atoms with Crippen LogP contribution in [0.4, 0.5) is 8.78 Å². The average molecular weight is 375 g/mol. The highest BCUT2D eigenvalue weighted by Gasteiger charge is 2.21. The van der Waals surface area contributed by atoms with Crippen molar-refractivity contribution in [1.29, 1.82) is 0 Å². The van der Waals surface area contributed by atoms with Gasteiger partial charge in [0.15, 0.2) is 27.3 Å². The number of hydrogen-bond acceptors (Lipinski definition) is 3. The summed E-state index contributed by atoms with van der Waals surface area (Å²) < 4.78 is 50.7. The van der Waals surface area contributed by atoms with Gasteiger partial charge in [0.1, 0.15) is 5.75 Å². The summed E-state index contributed by atoms with van der Waals surface area (Å²) in [6.45, 7) is 0. The Kier molecular flexibility index (Phi) is 4.53. The summed E-state index contributed by atoms with van der Waals surface area (Å²) in [5.41, 5.74) is 0.226. The monoisotopic (exact) mass is 374 g/mol. The fourth-order valence-corrected chi connectivity index (χ4v) is 3.15. The highest BCUT2D eigenvalue weighted by Crippen LogP contribution is 2.17. The Morgan fingerprint density at radius 3 is 2.19 bits per heavy atom. The number of sulfone groups is 1. The Hall–Kier alpha value is -1.60. The third-order valence-electron chi connectivity index (χ3n) is 2.74. The van der Waals surface area contributed by atoms with Crippen molar-refractivity contribution in [3.63, 3.8) is 0 Å². The van der Waals surface area contributed by atoms with E-state index >= 15 is 0 Å². The van der Waals surface area contributed by atoms with Gasteiger partial charge in [0.25, 0.3) is 0 Å². The van der Waals surface area contributed by atoms with Gasteiger partial charge in [0, 0.05) is 10.0 Å². The maximum Gasteiger partial charge on any atom is 0.185 e. The average Bonchev–Trinajstić information content (AvgIpc) is 2.42. The van der Waals surface area contributed by atoms with E-state index in [2.05, 4.69) is 15.9 Å². The van der Waals surface area contributed by atoms with Gasteiger partial charge in [-0.1, -0.05) is 28.1 Å². The molecule has 0 N–H and O–H groups in total. The SMILES string of the molecule is O=C(CS(=O)(=O)c1ccc(F)c(F)c1)c1ccc(Br)cc1. The van der Waals surface area contributed by atoms with Crippen LogP contribution in [0.3, 0.4) is 0 Å². The zero-order valence-corrected chi connectivity index (χ0v) is 12.9. The molecule has 2 aromatic carbocycles. The molecule has 0 saturated heterocycles. The van der Waals surface area contributed by atoms with Crippen LogP contribution in [0, 0.1) is 11.6 Å². The topological polar surface area (TPSA) is 51.2 Å². The first-order valence-corrected chi connectivity index (χ1v) is 8.21. The summed E-state index contributed by atoms with van der Waals surface area (Å²) in [4.78, 5) is 11.5. The molecule has 0 aliphatic carbocycles. The van der Waals surface area contributed by atoms with Crippen LogP contribution in [-0.4, -0.2) is 20.0 Å². The fraction of sp³-hybridized carbons (Fsp3) is 0.0714. The first-order chi connectivity index (χ1) is 9.79. The summed E-state index contributed by atoms with van der Waals surface area (Å²) in [5.74, 6) is -3.84. The third kappa shape index (κ3) is 3.74. The van der Waals surface area contributed by atoms with Gasteiger partial charge in [-0.3, -0.25) is 4.79 Å². The maximum absolute atomic E-state index is 13.1. The molecule has 0 spiro atoms. The van der Waals surface area contributed by atoms with E-state index in [-0.39, 0.29) is 5.56 Å². The van der Waals surface area contributed by atoms with E-state index in [0.717, 1.165) is 10.5 Å². The van der Waals surface area contributed by atoms with E-state index in [1.807, 2.05) is 0 Å². The number of hydrogen-bond donors (Lipinski definition) is 0. The first kappa shape index (κ1) is 15.8. The zero-order chi connectivity index (χ0) is 15.6. The molecule has 0 aliphatic heterocycles. The minimum atomic E-state index is -4.02. The number of rotatable bonds is 4. The van der Waals surface area contributed by atoms with Crippen molar-refractivity contribution < 1.29 is 22.0 Å². The zero-order valence-electron chi connectivity index (χ0n) is 10.5. The second-order valence-corrected chi connectivity index (χ2v) is 7.17. The van der Waals surface area contributed by atoms with Crippen LogP contribution in [0.25, 0.3) is 0 Å². The molecule has 0 atom stereocenters. The molecular weight excluding hydrogens is 366 g/mol. The van der Waals surface area contributed by atoms with Gasteiger partial charge < -0.3 is 0 Å². The van der Waals surface area contributed by atoms with Crippen molar-refractivity contribution in [3.05, 3.63) is 64.1 Å². The Morgan fingerprint density at radius 1 is 1.00 bits per heavy atom. The molecule has 110 valence electrons. The van der Waals surface area contributed by atoms with Crippen molar-refractivity contribution >= 4 is 31.6 Å². The Labute approximate surface area is 128 Å². The van der Waals surface area contributed by atoms with Gasteiger partial charge in [-0.2, -0.15) is 0 Å². The number of carbonyl (C=O) groups excluding carboxylic acids is 1.